The first kappa shape index (κ1) is 15.8. The van der Waals surface area contributed by atoms with E-state index in [2.05, 4.69) is 9.82 Å². The summed E-state index contributed by atoms with van der Waals surface area (Å²) in [5.74, 6) is -0.224. The van der Waals surface area contributed by atoms with E-state index in [0.717, 1.165) is 11.8 Å². The Morgan fingerprint density at radius 2 is 2.05 bits per heavy atom. The Kier molecular flexibility index (Phi) is 4.25. The van der Waals surface area contributed by atoms with Crippen LogP contribution in [0.15, 0.2) is 23.1 Å². The second-order valence-electron chi connectivity index (χ2n) is 4.64. The van der Waals surface area contributed by atoms with Crippen LogP contribution in [0, 0.1) is 12.7 Å². The summed E-state index contributed by atoms with van der Waals surface area (Å²) in [6.45, 7) is 3.39. The van der Waals surface area contributed by atoms with Crippen molar-refractivity contribution in [3.8, 4) is 0 Å². The molecule has 0 unspecified atom stereocenters. The number of anilines is 1. The summed E-state index contributed by atoms with van der Waals surface area (Å²) >= 11 is 5.84. The lowest BCUT2D eigenvalue weighted by Gasteiger charge is -2.10. The Bertz CT molecular complexity index is 787. The van der Waals surface area contributed by atoms with Gasteiger partial charge in [-0.3, -0.25) is 9.40 Å². The number of aryl methyl sites for hydroxylation is 3. The first-order chi connectivity index (χ1) is 9.74. The van der Waals surface area contributed by atoms with E-state index in [1.54, 1.807) is 13.1 Å². The second-order valence-corrected chi connectivity index (χ2v) is 6.69. The number of benzene rings is 1. The molecule has 2 aromatic rings. The van der Waals surface area contributed by atoms with Crippen LogP contribution < -0.4 is 4.72 Å². The minimum absolute atomic E-state index is 0.163. The van der Waals surface area contributed by atoms with Crippen LogP contribution >= 0.6 is 11.6 Å². The quantitative estimate of drug-likeness (QED) is 0.937. The molecule has 0 fully saturated rings. The number of aromatic nitrogens is 2. The molecule has 21 heavy (non-hydrogen) atoms. The van der Waals surface area contributed by atoms with E-state index >= 15 is 0 Å². The summed E-state index contributed by atoms with van der Waals surface area (Å²) in [5.41, 5.74) is 0.968. The van der Waals surface area contributed by atoms with Gasteiger partial charge in [0, 0.05) is 13.1 Å². The van der Waals surface area contributed by atoms with Crippen LogP contribution in [-0.2, 0) is 23.5 Å². The molecule has 0 aliphatic carbocycles. The van der Waals surface area contributed by atoms with Crippen LogP contribution in [0.1, 0.15) is 18.2 Å². The molecule has 0 spiro atoms. The van der Waals surface area contributed by atoms with E-state index in [1.807, 2.05) is 6.92 Å². The van der Waals surface area contributed by atoms with Crippen LogP contribution in [0.4, 0.5) is 10.2 Å². The van der Waals surface area contributed by atoms with Crippen molar-refractivity contribution in [3.05, 3.63) is 40.3 Å². The lowest BCUT2D eigenvalue weighted by molar-refractivity contribution is 0.597. The van der Waals surface area contributed by atoms with Gasteiger partial charge in [-0.2, -0.15) is 5.10 Å². The highest BCUT2D eigenvalue weighted by atomic mass is 35.5. The molecule has 1 heterocycles. The van der Waals surface area contributed by atoms with Gasteiger partial charge in [0.05, 0.1) is 10.7 Å². The summed E-state index contributed by atoms with van der Waals surface area (Å²) in [4.78, 5) is -0.165. The zero-order chi connectivity index (χ0) is 15.8. The van der Waals surface area contributed by atoms with E-state index < -0.39 is 15.8 Å². The molecule has 1 aromatic heterocycles. The molecule has 8 heteroatoms. The maximum absolute atomic E-state index is 13.4. The molecule has 0 aliphatic rings. The molecule has 0 amide bonds. The van der Waals surface area contributed by atoms with Crippen LogP contribution in [0.25, 0.3) is 0 Å². The van der Waals surface area contributed by atoms with Gasteiger partial charge in [0.15, 0.2) is 0 Å². The third-order valence-corrected chi connectivity index (χ3v) is 4.85. The van der Waals surface area contributed by atoms with Crippen molar-refractivity contribution >= 4 is 27.4 Å². The predicted molar refractivity (Wildman–Crippen MR) is 79.5 cm³/mol. The van der Waals surface area contributed by atoms with Crippen LogP contribution in [0.3, 0.4) is 0 Å². The first-order valence-electron chi connectivity index (χ1n) is 6.26. The van der Waals surface area contributed by atoms with Gasteiger partial charge in [-0.25, -0.2) is 12.8 Å². The topological polar surface area (TPSA) is 64.0 Å². The van der Waals surface area contributed by atoms with Crippen molar-refractivity contribution in [2.24, 2.45) is 7.05 Å². The first-order valence-corrected chi connectivity index (χ1v) is 8.12. The average molecular weight is 332 g/mol. The van der Waals surface area contributed by atoms with Crippen molar-refractivity contribution in [1.29, 1.82) is 0 Å². The lowest BCUT2D eigenvalue weighted by Crippen LogP contribution is -2.16. The average Bonchev–Trinajstić information content (AvgIpc) is 2.74. The molecule has 0 radical (unpaired) electrons. The standard InChI is InChI=1S/C13H15ClFN3O2S/c1-4-9-6-13(18(3)16-9)17-21(19,20)12-5-8(2)11(15)7-10(12)14/h5-7,17H,4H2,1-3H3. The Balaban J connectivity index is 2.43. The minimum Gasteiger partial charge on any atom is -0.264 e. The number of sulfonamides is 1. The van der Waals surface area contributed by atoms with E-state index in [4.69, 9.17) is 11.6 Å². The Morgan fingerprint density at radius 3 is 2.62 bits per heavy atom. The van der Waals surface area contributed by atoms with Gasteiger partial charge in [0.2, 0.25) is 0 Å². The fourth-order valence-electron chi connectivity index (χ4n) is 1.82. The van der Waals surface area contributed by atoms with Gasteiger partial charge in [0.25, 0.3) is 10.0 Å². The molecule has 1 N–H and O–H groups in total. The van der Waals surface area contributed by atoms with Gasteiger partial charge in [0.1, 0.15) is 16.5 Å². The van der Waals surface area contributed by atoms with Gasteiger partial charge in [-0.1, -0.05) is 18.5 Å². The number of hydrogen-bond acceptors (Lipinski definition) is 3. The van der Waals surface area contributed by atoms with Crippen molar-refractivity contribution in [2.75, 3.05) is 4.72 Å². The van der Waals surface area contributed by atoms with Crippen LogP contribution in [0.2, 0.25) is 5.02 Å². The van der Waals surface area contributed by atoms with E-state index in [1.165, 1.54) is 17.7 Å². The fraction of sp³-hybridized carbons (Fsp3) is 0.308. The molecule has 0 aliphatic heterocycles. The monoisotopic (exact) mass is 331 g/mol. The smallest absolute Gasteiger partial charge is 0.264 e. The summed E-state index contributed by atoms with van der Waals surface area (Å²) in [5, 5.41) is 3.99. The molecule has 0 atom stereocenters. The molecule has 114 valence electrons. The molecule has 0 saturated carbocycles. The molecule has 1 aromatic carbocycles. The van der Waals surface area contributed by atoms with Crippen molar-refractivity contribution in [3.63, 3.8) is 0 Å². The summed E-state index contributed by atoms with van der Waals surface area (Å²) in [6, 6.07) is 3.84. The normalized spacial score (nSPS) is 11.7. The Labute approximate surface area is 127 Å². The molecule has 0 saturated heterocycles. The molecular weight excluding hydrogens is 317 g/mol. The number of rotatable bonds is 4. The van der Waals surface area contributed by atoms with Gasteiger partial charge in [-0.05, 0) is 31.0 Å². The lowest BCUT2D eigenvalue weighted by atomic mass is 10.2. The highest BCUT2D eigenvalue weighted by Gasteiger charge is 2.21. The maximum Gasteiger partial charge on any atom is 0.264 e. The molecule has 2 rings (SSSR count). The highest BCUT2D eigenvalue weighted by molar-refractivity contribution is 7.92. The summed E-state index contributed by atoms with van der Waals surface area (Å²) in [6.07, 6.45) is 0.686. The SMILES string of the molecule is CCc1cc(NS(=O)(=O)c2cc(C)c(F)cc2Cl)n(C)n1. The number of nitrogens with one attached hydrogen (secondary N) is 1. The number of hydrogen-bond donors (Lipinski definition) is 1. The molecule has 5 nitrogen and oxygen atoms in total. The van der Waals surface area contributed by atoms with Crippen LogP contribution in [0.5, 0.6) is 0 Å². The number of halogens is 2. The summed E-state index contributed by atoms with van der Waals surface area (Å²) < 4.78 is 42.0. The van der Waals surface area contributed by atoms with E-state index in [0.29, 0.717) is 12.2 Å². The fourth-order valence-corrected chi connectivity index (χ4v) is 3.50. The van der Waals surface area contributed by atoms with Gasteiger partial charge in [-0.15, -0.1) is 0 Å². The Hall–Kier alpha value is -1.60. The minimum atomic E-state index is -3.91. The largest absolute Gasteiger partial charge is 0.264 e. The predicted octanol–water partition coefficient (Wildman–Crippen LogP) is 2.88. The van der Waals surface area contributed by atoms with Gasteiger partial charge < -0.3 is 0 Å². The van der Waals surface area contributed by atoms with Crippen molar-refractivity contribution in [1.82, 2.24) is 9.78 Å². The van der Waals surface area contributed by atoms with Crippen LogP contribution in [-0.4, -0.2) is 18.2 Å². The maximum atomic E-state index is 13.4. The van der Waals surface area contributed by atoms with Crippen molar-refractivity contribution < 1.29 is 12.8 Å². The third-order valence-electron chi connectivity index (χ3n) is 3.03. The second kappa shape index (κ2) is 5.65. The molecular formula is C13H15ClFN3O2S. The van der Waals surface area contributed by atoms with Crippen molar-refractivity contribution in [2.45, 2.75) is 25.2 Å². The van der Waals surface area contributed by atoms with E-state index in [9.17, 15) is 12.8 Å². The summed E-state index contributed by atoms with van der Waals surface area (Å²) in [7, 11) is -2.28. The van der Waals surface area contributed by atoms with Gasteiger partial charge >= 0.3 is 0 Å². The Morgan fingerprint density at radius 1 is 1.38 bits per heavy atom. The third kappa shape index (κ3) is 3.19. The highest BCUT2D eigenvalue weighted by Crippen LogP contribution is 2.26. The zero-order valence-corrected chi connectivity index (χ0v) is 13.4. The molecule has 0 bridgehead atoms. The van der Waals surface area contributed by atoms with E-state index in [-0.39, 0.29) is 15.5 Å². The number of nitrogens with zero attached hydrogens (tertiary/aromatic N) is 2. The zero-order valence-electron chi connectivity index (χ0n) is 11.8.